The molecule has 0 spiro atoms. The zero-order valence-corrected chi connectivity index (χ0v) is 11.4. The van der Waals surface area contributed by atoms with Gasteiger partial charge in [-0.3, -0.25) is 4.79 Å². The van der Waals surface area contributed by atoms with Gasteiger partial charge in [0.05, 0.1) is 12.6 Å². The van der Waals surface area contributed by atoms with Gasteiger partial charge >= 0.3 is 5.97 Å². The summed E-state index contributed by atoms with van der Waals surface area (Å²) in [7, 11) is 0. The summed E-state index contributed by atoms with van der Waals surface area (Å²) in [6.45, 7) is 4.86. The van der Waals surface area contributed by atoms with Crippen molar-refractivity contribution in [3.8, 4) is 0 Å². The maximum atomic E-state index is 10.9. The molecule has 1 rings (SSSR count). The molecule has 0 radical (unpaired) electrons. The monoisotopic (exact) mass is 271 g/mol. The maximum Gasteiger partial charge on any atom is 0.323 e. The molecular formula is C13H18ClNO3. The van der Waals surface area contributed by atoms with Crippen LogP contribution >= 0.6 is 11.6 Å². The summed E-state index contributed by atoms with van der Waals surface area (Å²) in [5, 5.41) is 9.56. The molecule has 18 heavy (non-hydrogen) atoms. The third-order valence-corrected chi connectivity index (χ3v) is 2.78. The third-order valence-electron chi connectivity index (χ3n) is 2.54. The standard InChI is InChI=1S/C13H18ClNO3/c1-3-18-9-10(2)15(8-13(16)17)12-6-4-5-11(14)7-12/h4-7,10H,3,8-9H2,1-2H3,(H,16,17). The summed E-state index contributed by atoms with van der Waals surface area (Å²) in [5.41, 5.74) is 0.789. The summed E-state index contributed by atoms with van der Waals surface area (Å²) < 4.78 is 5.34. The average Bonchev–Trinajstić information content (AvgIpc) is 2.32. The first-order valence-corrected chi connectivity index (χ1v) is 6.24. The molecule has 1 aromatic carbocycles. The van der Waals surface area contributed by atoms with Gasteiger partial charge in [0.25, 0.3) is 0 Å². The maximum absolute atomic E-state index is 10.9. The van der Waals surface area contributed by atoms with Crippen LogP contribution in [0.25, 0.3) is 0 Å². The number of benzene rings is 1. The second-order valence-corrected chi connectivity index (χ2v) is 4.45. The quantitative estimate of drug-likeness (QED) is 0.828. The first kappa shape index (κ1) is 14.8. The Bertz CT molecular complexity index is 398. The van der Waals surface area contributed by atoms with E-state index in [1.165, 1.54) is 0 Å². The first-order chi connectivity index (χ1) is 8.54. The van der Waals surface area contributed by atoms with Crippen molar-refractivity contribution in [2.24, 2.45) is 0 Å². The van der Waals surface area contributed by atoms with Crippen molar-refractivity contribution in [3.05, 3.63) is 29.3 Å². The molecule has 0 aromatic heterocycles. The Kier molecular flexibility index (Phi) is 5.95. The van der Waals surface area contributed by atoms with Gasteiger partial charge in [0, 0.05) is 17.3 Å². The van der Waals surface area contributed by atoms with Crippen molar-refractivity contribution >= 4 is 23.3 Å². The van der Waals surface area contributed by atoms with Gasteiger partial charge in [0.15, 0.2) is 0 Å². The number of halogens is 1. The van der Waals surface area contributed by atoms with Gasteiger partial charge in [-0.15, -0.1) is 0 Å². The Hall–Kier alpha value is -1.26. The molecule has 100 valence electrons. The van der Waals surface area contributed by atoms with Crippen LogP contribution in [-0.4, -0.2) is 36.9 Å². The molecule has 0 saturated heterocycles. The van der Waals surface area contributed by atoms with Gasteiger partial charge < -0.3 is 14.7 Å². The van der Waals surface area contributed by atoms with E-state index in [1.54, 1.807) is 23.1 Å². The molecule has 0 aliphatic heterocycles. The molecule has 0 bridgehead atoms. The second kappa shape index (κ2) is 7.24. The zero-order valence-electron chi connectivity index (χ0n) is 10.6. The molecule has 1 N–H and O–H groups in total. The van der Waals surface area contributed by atoms with Crippen LogP contribution in [0.2, 0.25) is 5.02 Å². The Morgan fingerprint density at radius 1 is 1.56 bits per heavy atom. The van der Waals surface area contributed by atoms with Gasteiger partial charge in [-0.2, -0.15) is 0 Å². The van der Waals surface area contributed by atoms with E-state index in [4.69, 9.17) is 21.4 Å². The number of hydrogen-bond donors (Lipinski definition) is 1. The van der Waals surface area contributed by atoms with E-state index in [1.807, 2.05) is 19.9 Å². The molecular weight excluding hydrogens is 254 g/mol. The third kappa shape index (κ3) is 4.55. The van der Waals surface area contributed by atoms with E-state index in [-0.39, 0.29) is 12.6 Å². The number of rotatable bonds is 7. The number of nitrogens with zero attached hydrogens (tertiary/aromatic N) is 1. The lowest BCUT2D eigenvalue weighted by atomic mass is 10.2. The number of hydrogen-bond acceptors (Lipinski definition) is 3. The fraction of sp³-hybridized carbons (Fsp3) is 0.462. The summed E-state index contributed by atoms with van der Waals surface area (Å²) in [6.07, 6.45) is 0. The van der Waals surface area contributed by atoms with E-state index >= 15 is 0 Å². The molecule has 0 aliphatic rings. The highest BCUT2D eigenvalue weighted by atomic mass is 35.5. The number of ether oxygens (including phenoxy) is 1. The highest BCUT2D eigenvalue weighted by Gasteiger charge is 2.17. The SMILES string of the molecule is CCOCC(C)N(CC(=O)O)c1cccc(Cl)c1. The lowest BCUT2D eigenvalue weighted by molar-refractivity contribution is -0.135. The number of anilines is 1. The average molecular weight is 272 g/mol. The van der Waals surface area contributed by atoms with Crippen LogP contribution in [0.3, 0.4) is 0 Å². The smallest absolute Gasteiger partial charge is 0.323 e. The predicted molar refractivity (Wildman–Crippen MR) is 72.4 cm³/mol. The van der Waals surface area contributed by atoms with Crippen LogP contribution < -0.4 is 4.90 Å². The minimum atomic E-state index is -0.877. The molecule has 0 aliphatic carbocycles. The van der Waals surface area contributed by atoms with Crippen LogP contribution in [0, 0.1) is 0 Å². The molecule has 5 heteroatoms. The summed E-state index contributed by atoms with van der Waals surface area (Å²) in [6, 6.07) is 7.14. The minimum absolute atomic E-state index is 0.0282. The number of carboxylic acid groups (broad SMARTS) is 1. The van der Waals surface area contributed by atoms with Gasteiger partial charge in [0.1, 0.15) is 6.54 Å². The Balaban J connectivity index is 2.86. The molecule has 0 amide bonds. The lowest BCUT2D eigenvalue weighted by Crippen LogP contribution is -2.40. The van der Waals surface area contributed by atoms with Crippen LogP contribution in [-0.2, 0) is 9.53 Å². The predicted octanol–water partition coefficient (Wildman–Crippen LogP) is 2.66. The Morgan fingerprint density at radius 2 is 2.28 bits per heavy atom. The lowest BCUT2D eigenvalue weighted by Gasteiger charge is -2.29. The minimum Gasteiger partial charge on any atom is -0.480 e. The molecule has 4 nitrogen and oxygen atoms in total. The number of carboxylic acids is 1. The van der Waals surface area contributed by atoms with E-state index < -0.39 is 5.97 Å². The van der Waals surface area contributed by atoms with Crippen LogP contribution in [0.15, 0.2) is 24.3 Å². The summed E-state index contributed by atoms with van der Waals surface area (Å²) >= 11 is 5.93. The van der Waals surface area contributed by atoms with Gasteiger partial charge in [-0.05, 0) is 32.0 Å². The normalized spacial score (nSPS) is 12.2. The molecule has 0 fully saturated rings. The topological polar surface area (TPSA) is 49.8 Å². The highest BCUT2D eigenvalue weighted by Crippen LogP contribution is 2.21. The van der Waals surface area contributed by atoms with Crippen molar-refractivity contribution in [2.45, 2.75) is 19.9 Å². The fourth-order valence-corrected chi connectivity index (χ4v) is 1.87. The van der Waals surface area contributed by atoms with Crippen molar-refractivity contribution in [1.82, 2.24) is 0 Å². The zero-order chi connectivity index (χ0) is 13.5. The molecule has 1 unspecified atom stereocenters. The summed E-state index contributed by atoms with van der Waals surface area (Å²) in [5.74, 6) is -0.877. The second-order valence-electron chi connectivity index (χ2n) is 4.01. The molecule has 0 saturated carbocycles. The van der Waals surface area contributed by atoms with Crippen LogP contribution in [0.1, 0.15) is 13.8 Å². The van der Waals surface area contributed by atoms with E-state index in [0.29, 0.717) is 18.2 Å². The van der Waals surface area contributed by atoms with Crippen molar-refractivity contribution in [1.29, 1.82) is 0 Å². The van der Waals surface area contributed by atoms with E-state index in [2.05, 4.69) is 0 Å². The van der Waals surface area contributed by atoms with Gasteiger partial charge in [-0.1, -0.05) is 17.7 Å². The Labute approximate surface area is 112 Å². The first-order valence-electron chi connectivity index (χ1n) is 5.86. The Morgan fingerprint density at radius 3 is 2.83 bits per heavy atom. The van der Waals surface area contributed by atoms with Crippen molar-refractivity contribution in [2.75, 3.05) is 24.7 Å². The van der Waals surface area contributed by atoms with E-state index in [9.17, 15) is 4.79 Å². The van der Waals surface area contributed by atoms with E-state index in [0.717, 1.165) is 5.69 Å². The summed E-state index contributed by atoms with van der Waals surface area (Å²) in [4.78, 5) is 12.7. The molecule has 1 atom stereocenters. The fourth-order valence-electron chi connectivity index (χ4n) is 1.68. The van der Waals surface area contributed by atoms with Gasteiger partial charge in [0.2, 0.25) is 0 Å². The van der Waals surface area contributed by atoms with Crippen molar-refractivity contribution < 1.29 is 14.6 Å². The number of carbonyl (C=O) groups is 1. The highest BCUT2D eigenvalue weighted by molar-refractivity contribution is 6.30. The molecule has 0 heterocycles. The van der Waals surface area contributed by atoms with Crippen LogP contribution in [0.5, 0.6) is 0 Å². The van der Waals surface area contributed by atoms with Crippen LogP contribution in [0.4, 0.5) is 5.69 Å². The van der Waals surface area contributed by atoms with Crippen molar-refractivity contribution in [3.63, 3.8) is 0 Å². The van der Waals surface area contributed by atoms with Gasteiger partial charge in [-0.25, -0.2) is 0 Å². The molecule has 1 aromatic rings. The number of aliphatic carboxylic acids is 1. The largest absolute Gasteiger partial charge is 0.480 e.